The van der Waals surface area contributed by atoms with Crippen molar-refractivity contribution < 1.29 is 4.79 Å². The summed E-state index contributed by atoms with van der Waals surface area (Å²) in [5, 5.41) is 3.53. The van der Waals surface area contributed by atoms with Crippen molar-refractivity contribution in [3.63, 3.8) is 0 Å². The van der Waals surface area contributed by atoms with Crippen LogP contribution in [0, 0.1) is 0 Å². The Labute approximate surface area is 127 Å². The van der Waals surface area contributed by atoms with Gasteiger partial charge in [0, 0.05) is 5.56 Å². The molecule has 1 amide bonds. The number of para-hydroxylation sites is 1. The smallest absolute Gasteiger partial charge is 0.255 e. The number of nitrogens with two attached hydrogens (primary N) is 1. The normalized spacial score (nSPS) is 10.3. The Morgan fingerprint density at radius 2 is 1.65 bits per heavy atom. The van der Waals surface area contributed by atoms with Crippen molar-refractivity contribution in [1.29, 1.82) is 0 Å². The quantitative estimate of drug-likeness (QED) is 0.904. The minimum absolute atomic E-state index is 0.251. The van der Waals surface area contributed by atoms with Crippen LogP contribution in [0.15, 0.2) is 42.5 Å². The van der Waals surface area contributed by atoms with E-state index >= 15 is 0 Å². The zero-order valence-corrected chi connectivity index (χ0v) is 12.2. The predicted molar refractivity (Wildman–Crippen MR) is 83.6 cm³/mol. The number of amides is 1. The summed E-state index contributed by atoms with van der Waals surface area (Å²) in [6.45, 7) is 0.584. The number of anilines is 1. The van der Waals surface area contributed by atoms with Crippen LogP contribution in [-0.4, -0.2) is 12.5 Å². The highest BCUT2D eigenvalue weighted by atomic mass is 35.5. The Balaban J connectivity index is 2.16. The summed E-state index contributed by atoms with van der Waals surface area (Å²) in [6.07, 6.45) is 0.790. The molecule has 20 heavy (non-hydrogen) atoms. The van der Waals surface area contributed by atoms with Gasteiger partial charge >= 0.3 is 0 Å². The van der Waals surface area contributed by atoms with E-state index in [4.69, 9.17) is 28.9 Å². The summed E-state index contributed by atoms with van der Waals surface area (Å²) in [5.41, 5.74) is 7.55. The van der Waals surface area contributed by atoms with Crippen LogP contribution in [0.25, 0.3) is 0 Å². The highest BCUT2D eigenvalue weighted by Crippen LogP contribution is 2.30. The van der Waals surface area contributed by atoms with Gasteiger partial charge in [0.25, 0.3) is 5.91 Å². The molecule has 0 saturated heterocycles. The second-order valence-electron chi connectivity index (χ2n) is 4.29. The zero-order chi connectivity index (χ0) is 14.5. The molecule has 0 aliphatic carbocycles. The van der Waals surface area contributed by atoms with Crippen LogP contribution in [0.4, 0.5) is 5.69 Å². The van der Waals surface area contributed by atoms with Gasteiger partial charge < -0.3 is 11.1 Å². The minimum atomic E-state index is -0.251. The number of halogens is 2. The molecule has 2 aromatic carbocycles. The first-order chi connectivity index (χ1) is 9.61. The van der Waals surface area contributed by atoms with Crippen molar-refractivity contribution >= 4 is 34.8 Å². The van der Waals surface area contributed by atoms with E-state index in [1.165, 1.54) is 0 Å². The third-order valence-corrected chi connectivity index (χ3v) is 3.48. The molecule has 0 heterocycles. The number of hydrogen-bond donors (Lipinski definition) is 2. The summed E-state index contributed by atoms with van der Waals surface area (Å²) in [6, 6.07) is 12.4. The van der Waals surface area contributed by atoms with Gasteiger partial charge in [-0.1, -0.05) is 41.4 Å². The maximum Gasteiger partial charge on any atom is 0.255 e. The van der Waals surface area contributed by atoms with Gasteiger partial charge in [-0.3, -0.25) is 4.79 Å². The predicted octanol–water partition coefficient (Wildman–Crippen LogP) is 3.75. The van der Waals surface area contributed by atoms with Crippen molar-refractivity contribution in [1.82, 2.24) is 0 Å². The summed E-state index contributed by atoms with van der Waals surface area (Å²) >= 11 is 12.0. The molecule has 0 saturated carbocycles. The molecular formula is C15H14Cl2N2O. The van der Waals surface area contributed by atoms with Crippen LogP contribution < -0.4 is 11.1 Å². The van der Waals surface area contributed by atoms with Gasteiger partial charge in [0.15, 0.2) is 0 Å². The molecule has 0 fully saturated rings. The summed E-state index contributed by atoms with van der Waals surface area (Å²) in [5.74, 6) is -0.251. The van der Waals surface area contributed by atoms with Gasteiger partial charge in [0.2, 0.25) is 0 Å². The lowest BCUT2D eigenvalue weighted by molar-refractivity contribution is 0.102. The highest BCUT2D eigenvalue weighted by Gasteiger charge is 2.11. The van der Waals surface area contributed by atoms with E-state index in [1.807, 2.05) is 12.1 Å². The second-order valence-corrected chi connectivity index (χ2v) is 5.10. The molecule has 2 rings (SSSR count). The molecule has 2 aromatic rings. The molecule has 0 spiro atoms. The van der Waals surface area contributed by atoms with Crippen LogP contribution in [0.2, 0.25) is 10.0 Å². The van der Waals surface area contributed by atoms with E-state index in [1.54, 1.807) is 30.3 Å². The van der Waals surface area contributed by atoms with E-state index in [2.05, 4.69) is 5.32 Å². The lowest BCUT2D eigenvalue weighted by atomic mass is 10.1. The van der Waals surface area contributed by atoms with Gasteiger partial charge in [0.05, 0.1) is 15.7 Å². The third kappa shape index (κ3) is 3.51. The third-order valence-electron chi connectivity index (χ3n) is 2.85. The fourth-order valence-electron chi connectivity index (χ4n) is 1.79. The van der Waals surface area contributed by atoms with Crippen molar-refractivity contribution in [2.45, 2.75) is 6.42 Å². The van der Waals surface area contributed by atoms with Crippen LogP contribution >= 0.6 is 23.2 Å². The number of nitrogens with one attached hydrogen (secondary N) is 1. The number of benzene rings is 2. The molecule has 0 atom stereocenters. The molecule has 3 nitrogen and oxygen atoms in total. The second kappa shape index (κ2) is 6.75. The number of hydrogen-bond acceptors (Lipinski definition) is 2. The maximum atomic E-state index is 12.1. The average molecular weight is 309 g/mol. The van der Waals surface area contributed by atoms with Crippen LogP contribution in [0.5, 0.6) is 0 Å². The highest BCUT2D eigenvalue weighted by molar-refractivity contribution is 6.40. The maximum absolute atomic E-state index is 12.1. The van der Waals surface area contributed by atoms with E-state index in [9.17, 15) is 4.79 Å². The fraction of sp³-hybridized carbons (Fsp3) is 0.133. The standard InChI is InChI=1S/C15H14Cl2N2O/c16-12-2-1-3-13(17)14(12)19-15(20)11-6-4-10(5-7-11)8-9-18/h1-7H,8-9,18H2,(H,19,20). The molecule has 5 heteroatoms. The van der Waals surface area contributed by atoms with Crippen LogP contribution in [-0.2, 0) is 6.42 Å². The van der Waals surface area contributed by atoms with Gasteiger partial charge in [-0.2, -0.15) is 0 Å². The topological polar surface area (TPSA) is 55.1 Å². The van der Waals surface area contributed by atoms with Crippen molar-refractivity contribution in [3.8, 4) is 0 Å². The fourth-order valence-corrected chi connectivity index (χ4v) is 2.28. The van der Waals surface area contributed by atoms with E-state index < -0.39 is 0 Å². The first-order valence-corrected chi connectivity index (χ1v) is 6.92. The van der Waals surface area contributed by atoms with Crippen LogP contribution in [0.3, 0.4) is 0 Å². The van der Waals surface area contributed by atoms with Gasteiger partial charge in [0.1, 0.15) is 0 Å². The average Bonchev–Trinajstić information content (AvgIpc) is 2.44. The first kappa shape index (κ1) is 14.9. The van der Waals surface area contributed by atoms with E-state index in [0.29, 0.717) is 27.8 Å². The van der Waals surface area contributed by atoms with Crippen LogP contribution in [0.1, 0.15) is 15.9 Å². The molecule has 0 unspecified atom stereocenters. The Morgan fingerprint density at radius 1 is 1.05 bits per heavy atom. The summed E-state index contributed by atoms with van der Waals surface area (Å²) in [4.78, 5) is 12.1. The van der Waals surface area contributed by atoms with Crippen molar-refractivity contribution in [3.05, 3.63) is 63.6 Å². The molecule has 0 aliphatic rings. The van der Waals surface area contributed by atoms with Crippen molar-refractivity contribution in [2.75, 3.05) is 11.9 Å². The number of carbonyl (C=O) groups is 1. The molecule has 0 bridgehead atoms. The SMILES string of the molecule is NCCc1ccc(C(=O)Nc2c(Cl)cccc2Cl)cc1. The van der Waals surface area contributed by atoms with Gasteiger partial charge in [-0.25, -0.2) is 0 Å². The monoisotopic (exact) mass is 308 g/mol. The zero-order valence-electron chi connectivity index (χ0n) is 10.7. The van der Waals surface area contributed by atoms with Gasteiger partial charge in [-0.15, -0.1) is 0 Å². The summed E-state index contributed by atoms with van der Waals surface area (Å²) in [7, 11) is 0. The lowest BCUT2D eigenvalue weighted by Gasteiger charge is -2.09. The molecule has 104 valence electrons. The van der Waals surface area contributed by atoms with Crippen molar-refractivity contribution in [2.24, 2.45) is 5.73 Å². The molecular weight excluding hydrogens is 295 g/mol. The lowest BCUT2D eigenvalue weighted by Crippen LogP contribution is -2.12. The Morgan fingerprint density at radius 3 is 2.20 bits per heavy atom. The largest absolute Gasteiger partial charge is 0.330 e. The van der Waals surface area contributed by atoms with Gasteiger partial charge in [-0.05, 0) is 42.8 Å². The first-order valence-electron chi connectivity index (χ1n) is 6.16. The number of carbonyl (C=O) groups excluding carboxylic acids is 1. The van der Waals surface area contributed by atoms with E-state index in [-0.39, 0.29) is 5.91 Å². The molecule has 0 aromatic heterocycles. The Hall–Kier alpha value is -1.55. The summed E-state index contributed by atoms with van der Waals surface area (Å²) < 4.78 is 0. The number of rotatable bonds is 4. The van der Waals surface area contributed by atoms with E-state index in [0.717, 1.165) is 12.0 Å². The molecule has 0 aliphatic heterocycles. The molecule has 0 radical (unpaired) electrons. The minimum Gasteiger partial charge on any atom is -0.330 e. The molecule has 3 N–H and O–H groups in total. The Kier molecular flexibility index (Phi) is 5.01. The Bertz CT molecular complexity index is 592.